The second-order valence-electron chi connectivity index (χ2n) is 5.26. The Morgan fingerprint density at radius 2 is 2.10 bits per heavy atom. The summed E-state index contributed by atoms with van der Waals surface area (Å²) >= 11 is 0. The van der Waals surface area contributed by atoms with Gasteiger partial charge in [-0.2, -0.15) is 0 Å². The molecule has 0 unspecified atom stereocenters. The zero-order valence-corrected chi connectivity index (χ0v) is 12.5. The van der Waals surface area contributed by atoms with Gasteiger partial charge in [0.05, 0.1) is 25.9 Å². The lowest BCUT2D eigenvalue weighted by Gasteiger charge is -2.23. The van der Waals surface area contributed by atoms with E-state index in [4.69, 9.17) is 15.2 Å². The van der Waals surface area contributed by atoms with E-state index in [-0.39, 0.29) is 24.2 Å². The molecule has 0 radical (unpaired) electrons. The molecule has 1 aliphatic rings. The van der Waals surface area contributed by atoms with E-state index >= 15 is 0 Å². The summed E-state index contributed by atoms with van der Waals surface area (Å²) in [7, 11) is 1.36. The fourth-order valence-corrected chi connectivity index (χ4v) is 2.28. The molecule has 2 rings (SSSR count). The third-order valence-corrected chi connectivity index (χ3v) is 3.74. The highest BCUT2D eigenvalue weighted by molar-refractivity contribution is 5.77. The second kappa shape index (κ2) is 7.54. The van der Waals surface area contributed by atoms with Gasteiger partial charge in [-0.05, 0) is 12.0 Å². The minimum Gasteiger partial charge on any atom is -0.467 e. The van der Waals surface area contributed by atoms with E-state index in [0.717, 1.165) is 12.0 Å². The highest BCUT2D eigenvalue weighted by atomic mass is 16.6. The van der Waals surface area contributed by atoms with E-state index in [1.54, 1.807) is 0 Å². The van der Waals surface area contributed by atoms with Crippen molar-refractivity contribution in [2.75, 3.05) is 7.11 Å². The van der Waals surface area contributed by atoms with Gasteiger partial charge in [0.2, 0.25) is 0 Å². The van der Waals surface area contributed by atoms with E-state index in [1.165, 1.54) is 7.11 Å². The van der Waals surface area contributed by atoms with Gasteiger partial charge in [-0.3, -0.25) is 0 Å². The zero-order chi connectivity index (χ0) is 15.2. The normalized spacial score (nSPS) is 23.4. The Balaban J connectivity index is 1.86. The molecule has 5 heteroatoms. The number of nitrogens with two attached hydrogens (primary N) is 1. The van der Waals surface area contributed by atoms with Gasteiger partial charge in [-0.25, -0.2) is 4.79 Å². The number of ether oxygens (including phenoxy) is 3. The minimum absolute atomic E-state index is 0.0730. The Morgan fingerprint density at radius 3 is 2.71 bits per heavy atom. The molecule has 1 aromatic rings. The molecule has 0 amide bonds. The first-order valence-electron chi connectivity index (χ1n) is 7.30. The number of hydrogen-bond donors (Lipinski definition) is 1. The maximum atomic E-state index is 11.4. The molecule has 21 heavy (non-hydrogen) atoms. The molecule has 0 aliphatic carbocycles. The lowest BCUT2D eigenvalue weighted by molar-refractivity contribution is -0.142. The van der Waals surface area contributed by atoms with Crippen LogP contribution in [0.15, 0.2) is 30.3 Å². The molecule has 0 bridgehead atoms. The molecule has 1 aromatic carbocycles. The molecule has 1 fully saturated rings. The van der Waals surface area contributed by atoms with Crippen LogP contribution in [0.25, 0.3) is 0 Å². The van der Waals surface area contributed by atoms with Gasteiger partial charge in [0.25, 0.3) is 0 Å². The minimum atomic E-state index is -0.457. The van der Waals surface area contributed by atoms with Gasteiger partial charge in [-0.1, -0.05) is 37.3 Å². The average Bonchev–Trinajstić information content (AvgIpc) is 3.30. The van der Waals surface area contributed by atoms with E-state index in [0.29, 0.717) is 13.0 Å². The first-order chi connectivity index (χ1) is 10.2. The van der Waals surface area contributed by atoms with Crippen LogP contribution >= 0.6 is 0 Å². The van der Waals surface area contributed by atoms with Gasteiger partial charge in [0.15, 0.2) is 6.10 Å². The Labute approximate surface area is 125 Å². The molecule has 5 nitrogen and oxygen atoms in total. The molecule has 1 heterocycles. The molecular formula is C16H23NO4. The first-order valence-corrected chi connectivity index (χ1v) is 7.30. The quantitative estimate of drug-likeness (QED) is 0.582. The smallest absolute Gasteiger partial charge is 0.337 e. The van der Waals surface area contributed by atoms with Crippen LogP contribution in [-0.2, 0) is 25.6 Å². The van der Waals surface area contributed by atoms with Crippen molar-refractivity contribution >= 4 is 5.97 Å². The van der Waals surface area contributed by atoms with Crippen LogP contribution < -0.4 is 5.73 Å². The van der Waals surface area contributed by atoms with E-state index in [9.17, 15) is 4.79 Å². The number of carbonyl (C=O) groups excluding carboxylic acids is 1. The van der Waals surface area contributed by atoms with Crippen LogP contribution in [0.3, 0.4) is 0 Å². The lowest BCUT2D eigenvalue weighted by Crippen LogP contribution is -2.37. The number of rotatable bonds is 8. The standard InChI is InChI=1S/C16H23NO4/c1-3-12(17)13(9-14-15(21-14)16(18)19-2)20-10-11-7-5-4-6-8-11/h4-8,12-15H,3,9-10,17H2,1-2H3/t12-,13-,14-,15+/m0/s1. The number of methoxy groups -OCH3 is 1. The van der Waals surface area contributed by atoms with Gasteiger partial charge in [-0.15, -0.1) is 0 Å². The maximum absolute atomic E-state index is 11.4. The van der Waals surface area contributed by atoms with Crippen molar-refractivity contribution in [3.8, 4) is 0 Å². The highest BCUT2D eigenvalue weighted by Gasteiger charge is 2.47. The van der Waals surface area contributed by atoms with Crippen molar-refractivity contribution in [2.24, 2.45) is 5.73 Å². The van der Waals surface area contributed by atoms with Crippen molar-refractivity contribution < 1.29 is 19.0 Å². The molecule has 1 aliphatic heterocycles. The summed E-state index contributed by atoms with van der Waals surface area (Å²) in [4.78, 5) is 11.4. The van der Waals surface area contributed by atoms with Crippen LogP contribution in [0, 0.1) is 0 Å². The molecule has 4 atom stereocenters. The van der Waals surface area contributed by atoms with Crippen molar-refractivity contribution in [1.82, 2.24) is 0 Å². The Bertz CT molecular complexity index is 451. The molecule has 0 spiro atoms. The number of epoxide rings is 1. The lowest BCUT2D eigenvalue weighted by atomic mass is 10.0. The SMILES string of the molecule is CC[C@H](N)[C@H](C[C@@H]1O[C@H]1C(=O)OC)OCc1ccccc1. The van der Waals surface area contributed by atoms with Gasteiger partial charge in [0, 0.05) is 12.5 Å². The predicted molar refractivity (Wildman–Crippen MR) is 78.6 cm³/mol. The third-order valence-electron chi connectivity index (χ3n) is 3.74. The van der Waals surface area contributed by atoms with E-state index in [2.05, 4.69) is 4.74 Å². The number of carbonyl (C=O) groups is 1. The monoisotopic (exact) mass is 293 g/mol. The highest BCUT2D eigenvalue weighted by Crippen LogP contribution is 2.29. The summed E-state index contributed by atoms with van der Waals surface area (Å²) in [5.41, 5.74) is 7.22. The van der Waals surface area contributed by atoms with Crippen molar-refractivity contribution in [3.05, 3.63) is 35.9 Å². The summed E-state index contributed by atoms with van der Waals surface area (Å²) in [6.07, 6.45) is 0.698. The van der Waals surface area contributed by atoms with Crippen LogP contribution in [0.1, 0.15) is 25.3 Å². The molecule has 0 aromatic heterocycles. The van der Waals surface area contributed by atoms with Crippen LogP contribution in [0.2, 0.25) is 0 Å². The number of benzene rings is 1. The number of esters is 1. The fourth-order valence-electron chi connectivity index (χ4n) is 2.28. The molecular weight excluding hydrogens is 270 g/mol. The van der Waals surface area contributed by atoms with Gasteiger partial charge < -0.3 is 19.9 Å². The Morgan fingerprint density at radius 1 is 1.38 bits per heavy atom. The summed E-state index contributed by atoms with van der Waals surface area (Å²) in [5.74, 6) is -0.327. The average molecular weight is 293 g/mol. The largest absolute Gasteiger partial charge is 0.467 e. The summed E-state index contributed by atoms with van der Waals surface area (Å²) < 4.78 is 15.9. The summed E-state index contributed by atoms with van der Waals surface area (Å²) in [5, 5.41) is 0. The molecule has 116 valence electrons. The second-order valence-corrected chi connectivity index (χ2v) is 5.26. The molecule has 0 saturated carbocycles. The van der Waals surface area contributed by atoms with Gasteiger partial charge in [0.1, 0.15) is 0 Å². The summed E-state index contributed by atoms with van der Waals surface area (Å²) in [6.45, 7) is 2.53. The maximum Gasteiger partial charge on any atom is 0.337 e. The predicted octanol–water partition coefficient (Wildman–Crippen LogP) is 1.64. The van der Waals surface area contributed by atoms with Crippen molar-refractivity contribution in [2.45, 2.75) is 50.7 Å². The van der Waals surface area contributed by atoms with Crippen LogP contribution in [0.5, 0.6) is 0 Å². The zero-order valence-electron chi connectivity index (χ0n) is 12.5. The third kappa shape index (κ3) is 4.52. The first kappa shape index (κ1) is 15.9. The van der Waals surface area contributed by atoms with Crippen molar-refractivity contribution in [1.29, 1.82) is 0 Å². The molecule has 2 N–H and O–H groups in total. The van der Waals surface area contributed by atoms with E-state index in [1.807, 2.05) is 37.3 Å². The number of hydrogen-bond acceptors (Lipinski definition) is 5. The molecule has 1 saturated heterocycles. The Hall–Kier alpha value is -1.43. The topological polar surface area (TPSA) is 74.1 Å². The summed E-state index contributed by atoms with van der Waals surface area (Å²) in [6, 6.07) is 9.88. The van der Waals surface area contributed by atoms with Crippen LogP contribution in [-0.4, -0.2) is 37.4 Å². The van der Waals surface area contributed by atoms with E-state index < -0.39 is 6.10 Å². The fraction of sp³-hybridized carbons (Fsp3) is 0.562. The Kier molecular flexibility index (Phi) is 5.73. The van der Waals surface area contributed by atoms with Crippen LogP contribution in [0.4, 0.5) is 0 Å². The van der Waals surface area contributed by atoms with Gasteiger partial charge >= 0.3 is 5.97 Å². The van der Waals surface area contributed by atoms with Crippen molar-refractivity contribution in [3.63, 3.8) is 0 Å².